The number of nitrogens with zero attached hydrogens (tertiary/aromatic N) is 1. The van der Waals surface area contributed by atoms with Gasteiger partial charge >= 0.3 is 7.60 Å². The molecule has 1 unspecified atom stereocenters. The van der Waals surface area contributed by atoms with Crippen molar-refractivity contribution in [1.82, 2.24) is 4.98 Å². The zero-order valence-electron chi connectivity index (χ0n) is 9.37. The van der Waals surface area contributed by atoms with Crippen LogP contribution in [0.1, 0.15) is 25.4 Å². The third-order valence-electron chi connectivity index (χ3n) is 1.87. The quantitative estimate of drug-likeness (QED) is 0.779. The fourth-order valence-corrected chi connectivity index (χ4v) is 2.78. The van der Waals surface area contributed by atoms with E-state index in [9.17, 15) is 9.67 Å². The van der Waals surface area contributed by atoms with Crippen LogP contribution in [-0.4, -0.2) is 23.3 Å². The molecule has 90 valence electrons. The van der Waals surface area contributed by atoms with Gasteiger partial charge in [-0.3, -0.25) is 9.55 Å². The van der Waals surface area contributed by atoms with Crippen molar-refractivity contribution < 1.29 is 18.7 Å². The number of rotatable bonds is 6. The van der Waals surface area contributed by atoms with E-state index < -0.39 is 13.4 Å². The molecule has 1 rings (SSSR count). The lowest BCUT2D eigenvalue weighted by atomic mass is 10.4. The molecule has 0 amide bonds. The number of hydrogen-bond acceptors (Lipinski definition) is 5. The largest absolute Gasteiger partial charge is 0.375 e. The van der Waals surface area contributed by atoms with Crippen molar-refractivity contribution in [2.75, 3.05) is 13.2 Å². The van der Waals surface area contributed by atoms with E-state index in [1.807, 2.05) is 0 Å². The maximum absolute atomic E-state index is 12.2. The van der Waals surface area contributed by atoms with E-state index in [0.717, 1.165) is 0 Å². The Morgan fingerprint density at radius 2 is 2.00 bits per heavy atom. The summed E-state index contributed by atoms with van der Waals surface area (Å²) in [6.45, 7) is 3.80. The van der Waals surface area contributed by atoms with Gasteiger partial charge in [0.2, 0.25) is 0 Å². The zero-order valence-corrected chi connectivity index (χ0v) is 10.3. The Morgan fingerprint density at radius 1 is 1.38 bits per heavy atom. The summed E-state index contributed by atoms with van der Waals surface area (Å²) in [5.74, 6) is -1.34. The van der Waals surface area contributed by atoms with Crippen LogP contribution in [0.25, 0.3) is 0 Å². The highest BCUT2D eigenvalue weighted by molar-refractivity contribution is 7.54. The van der Waals surface area contributed by atoms with Crippen molar-refractivity contribution in [3.8, 4) is 0 Å². The van der Waals surface area contributed by atoms with Crippen LogP contribution in [0.5, 0.6) is 0 Å². The molecule has 0 radical (unpaired) electrons. The van der Waals surface area contributed by atoms with E-state index in [4.69, 9.17) is 9.05 Å². The highest BCUT2D eigenvalue weighted by Gasteiger charge is 2.36. The summed E-state index contributed by atoms with van der Waals surface area (Å²) in [6.07, 6.45) is 1.51. The minimum absolute atomic E-state index is 0.209. The van der Waals surface area contributed by atoms with Crippen molar-refractivity contribution in [2.45, 2.75) is 19.7 Å². The average molecular weight is 245 g/mol. The van der Waals surface area contributed by atoms with Crippen LogP contribution in [0, 0.1) is 0 Å². The Balaban J connectivity index is 2.91. The molecular formula is C10H16NO4P. The lowest BCUT2D eigenvalue weighted by Gasteiger charge is -2.21. The highest BCUT2D eigenvalue weighted by Crippen LogP contribution is 2.59. The molecule has 1 heterocycles. The first-order valence-electron chi connectivity index (χ1n) is 5.11. The molecule has 5 nitrogen and oxygen atoms in total. The van der Waals surface area contributed by atoms with Gasteiger partial charge in [0.15, 0.2) is 5.85 Å². The van der Waals surface area contributed by atoms with Crippen LogP contribution in [0.15, 0.2) is 24.4 Å². The molecule has 0 spiro atoms. The summed E-state index contributed by atoms with van der Waals surface area (Å²) in [5, 5.41) is 9.93. The Bertz CT molecular complexity index is 347. The summed E-state index contributed by atoms with van der Waals surface area (Å²) < 4.78 is 22.2. The minimum atomic E-state index is -3.54. The monoisotopic (exact) mass is 245 g/mol. The minimum Gasteiger partial charge on any atom is -0.375 e. The lowest BCUT2D eigenvalue weighted by molar-refractivity contribution is 0.148. The third kappa shape index (κ3) is 3.12. The summed E-state index contributed by atoms with van der Waals surface area (Å²) in [7, 11) is -3.54. The Kier molecular flexibility index (Phi) is 5.09. The summed E-state index contributed by atoms with van der Waals surface area (Å²) in [5.41, 5.74) is 0.285. The standard InChI is InChI=1S/C10H16NO4P/c1-3-14-16(13,15-4-2)10(12)9-7-5-6-8-11-9/h5-8,10,12H,3-4H2,1-2H3. The second-order valence-corrected chi connectivity index (χ2v) is 5.09. The predicted molar refractivity (Wildman–Crippen MR) is 60.1 cm³/mol. The molecule has 6 heteroatoms. The molecule has 0 bridgehead atoms. The van der Waals surface area contributed by atoms with E-state index in [2.05, 4.69) is 4.98 Å². The van der Waals surface area contributed by atoms with Gasteiger partial charge in [0, 0.05) is 6.20 Å². The van der Waals surface area contributed by atoms with Gasteiger partial charge in [0.25, 0.3) is 0 Å². The first kappa shape index (κ1) is 13.3. The van der Waals surface area contributed by atoms with Gasteiger partial charge in [-0.05, 0) is 26.0 Å². The zero-order chi connectivity index (χ0) is 12.0. The SMILES string of the molecule is CCOP(=O)(OCC)C(O)c1ccccn1. The van der Waals surface area contributed by atoms with Gasteiger partial charge in [-0.2, -0.15) is 0 Å². The van der Waals surface area contributed by atoms with Gasteiger partial charge in [-0.1, -0.05) is 6.07 Å². The van der Waals surface area contributed by atoms with Crippen LogP contribution >= 0.6 is 7.60 Å². The molecule has 0 aliphatic carbocycles. The fraction of sp³-hybridized carbons (Fsp3) is 0.500. The molecule has 1 aromatic heterocycles. The van der Waals surface area contributed by atoms with Crippen LogP contribution < -0.4 is 0 Å². The van der Waals surface area contributed by atoms with E-state index >= 15 is 0 Å². The van der Waals surface area contributed by atoms with Crippen LogP contribution in [0.4, 0.5) is 0 Å². The molecular weight excluding hydrogens is 229 g/mol. The molecule has 0 saturated heterocycles. The molecule has 1 N–H and O–H groups in total. The summed E-state index contributed by atoms with van der Waals surface area (Å²) >= 11 is 0. The molecule has 0 aliphatic heterocycles. The van der Waals surface area contributed by atoms with Gasteiger partial charge in [-0.25, -0.2) is 0 Å². The Labute approximate surface area is 95.0 Å². The van der Waals surface area contributed by atoms with E-state index in [0.29, 0.717) is 0 Å². The number of pyridine rings is 1. The lowest BCUT2D eigenvalue weighted by Crippen LogP contribution is -2.07. The van der Waals surface area contributed by atoms with Crippen molar-refractivity contribution in [2.24, 2.45) is 0 Å². The maximum atomic E-state index is 12.2. The molecule has 0 aromatic carbocycles. The van der Waals surface area contributed by atoms with Crippen LogP contribution in [-0.2, 0) is 13.6 Å². The smallest absolute Gasteiger partial charge is 0.365 e. The first-order chi connectivity index (χ1) is 7.64. The van der Waals surface area contributed by atoms with E-state index in [-0.39, 0.29) is 18.9 Å². The van der Waals surface area contributed by atoms with E-state index in [1.54, 1.807) is 32.0 Å². The number of aromatic nitrogens is 1. The molecule has 16 heavy (non-hydrogen) atoms. The third-order valence-corrected chi connectivity index (χ3v) is 3.97. The molecule has 0 saturated carbocycles. The van der Waals surface area contributed by atoms with Gasteiger partial charge < -0.3 is 14.2 Å². The average Bonchev–Trinajstić information content (AvgIpc) is 2.30. The normalized spacial score (nSPS) is 13.7. The molecule has 0 aliphatic rings. The van der Waals surface area contributed by atoms with Crippen molar-refractivity contribution >= 4 is 7.60 Å². The maximum Gasteiger partial charge on any atom is 0.365 e. The van der Waals surface area contributed by atoms with Crippen LogP contribution in [0.2, 0.25) is 0 Å². The van der Waals surface area contributed by atoms with Gasteiger partial charge in [0.1, 0.15) is 0 Å². The first-order valence-corrected chi connectivity index (χ1v) is 6.73. The van der Waals surface area contributed by atoms with Gasteiger partial charge in [0.05, 0.1) is 18.9 Å². The van der Waals surface area contributed by atoms with Crippen molar-refractivity contribution in [3.63, 3.8) is 0 Å². The fourth-order valence-electron chi connectivity index (χ4n) is 1.23. The predicted octanol–water partition coefficient (Wildman–Crippen LogP) is 2.34. The van der Waals surface area contributed by atoms with Crippen molar-refractivity contribution in [1.29, 1.82) is 0 Å². The topological polar surface area (TPSA) is 68.7 Å². The number of aliphatic hydroxyl groups is 1. The van der Waals surface area contributed by atoms with Crippen molar-refractivity contribution in [3.05, 3.63) is 30.1 Å². The molecule has 0 fully saturated rings. The Morgan fingerprint density at radius 3 is 2.44 bits per heavy atom. The summed E-state index contributed by atoms with van der Waals surface area (Å²) in [6, 6.07) is 4.99. The molecule has 1 atom stereocenters. The second-order valence-electron chi connectivity index (χ2n) is 3.00. The second kappa shape index (κ2) is 6.11. The number of hydrogen-bond donors (Lipinski definition) is 1. The van der Waals surface area contributed by atoms with Gasteiger partial charge in [-0.15, -0.1) is 0 Å². The van der Waals surface area contributed by atoms with Crippen LogP contribution in [0.3, 0.4) is 0 Å². The number of aliphatic hydroxyl groups excluding tert-OH is 1. The highest BCUT2D eigenvalue weighted by atomic mass is 31.2. The molecule has 1 aromatic rings. The van der Waals surface area contributed by atoms with E-state index in [1.165, 1.54) is 6.20 Å². The Hall–Kier alpha value is -0.740. The summed E-state index contributed by atoms with van der Waals surface area (Å²) in [4.78, 5) is 3.93.